The zero-order valence-corrected chi connectivity index (χ0v) is 15.9. The maximum Gasteiger partial charge on any atom is 0.241 e. The van der Waals surface area contributed by atoms with Crippen LogP contribution in [0.4, 0.5) is 5.69 Å². The van der Waals surface area contributed by atoms with Gasteiger partial charge in [-0.3, -0.25) is 14.5 Å². The van der Waals surface area contributed by atoms with Gasteiger partial charge in [-0.05, 0) is 36.1 Å². The first kappa shape index (κ1) is 17.4. The van der Waals surface area contributed by atoms with E-state index in [2.05, 4.69) is 0 Å². The monoisotopic (exact) mass is 377 g/mol. The molecule has 144 valence electrons. The van der Waals surface area contributed by atoms with Gasteiger partial charge in [0.15, 0.2) is 5.78 Å². The number of para-hydroxylation sites is 2. The van der Waals surface area contributed by atoms with Gasteiger partial charge < -0.3 is 9.84 Å². The molecule has 0 radical (unpaired) electrons. The van der Waals surface area contributed by atoms with E-state index in [4.69, 9.17) is 4.74 Å². The predicted octanol–water partition coefficient (Wildman–Crippen LogP) is 3.20. The van der Waals surface area contributed by atoms with Gasteiger partial charge in [-0.2, -0.15) is 0 Å². The van der Waals surface area contributed by atoms with E-state index in [0.29, 0.717) is 30.7 Å². The van der Waals surface area contributed by atoms with Crippen LogP contribution in [0.25, 0.3) is 0 Å². The number of anilines is 1. The lowest BCUT2D eigenvalue weighted by Gasteiger charge is -2.37. The van der Waals surface area contributed by atoms with Crippen LogP contribution in [0, 0.1) is 5.41 Å². The van der Waals surface area contributed by atoms with Crippen LogP contribution in [0.2, 0.25) is 0 Å². The van der Waals surface area contributed by atoms with Gasteiger partial charge in [0.2, 0.25) is 5.91 Å². The Balaban J connectivity index is 1.76. The third-order valence-corrected chi connectivity index (χ3v) is 6.88. The van der Waals surface area contributed by atoms with Crippen molar-refractivity contribution >= 4 is 17.4 Å². The van der Waals surface area contributed by atoms with Crippen molar-refractivity contribution < 1.29 is 19.4 Å². The van der Waals surface area contributed by atoms with Gasteiger partial charge in [-0.1, -0.05) is 49.2 Å². The van der Waals surface area contributed by atoms with Gasteiger partial charge in [0, 0.05) is 6.42 Å². The Morgan fingerprint density at radius 1 is 1.04 bits per heavy atom. The van der Waals surface area contributed by atoms with E-state index in [1.54, 1.807) is 24.1 Å². The number of ketones is 1. The molecule has 0 bridgehead atoms. The average Bonchev–Trinajstić information content (AvgIpc) is 3.37. The summed E-state index contributed by atoms with van der Waals surface area (Å²) < 4.78 is 5.52. The Morgan fingerprint density at radius 3 is 2.43 bits per heavy atom. The summed E-state index contributed by atoms with van der Waals surface area (Å²) in [5, 5.41) is 11.4. The fraction of sp³-hybridized carbons (Fsp3) is 0.391. The first-order chi connectivity index (χ1) is 13.6. The molecule has 1 N–H and O–H groups in total. The molecule has 5 heteroatoms. The van der Waals surface area contributed by atoms with Crippen molar-refractivity contribution in [3.05, 3.63) is 59.7 Å². The lowest BCUT2D eigenvalue weighted by Crippen LogP contribution is -2.53. The number of nitrogens with zero attached hydrogens (tertiary/aromatic N) is 1. The number of carbonyl (C=O) groups is 2. The van der Waals surface area contributed by atoms with E-state index in [1.807, 2.05) is 36.4 Å². The van der Waals surface area contributed by atoms with Crippen molar-refractivity contribution in [2.24, 2.45) is 5.41 Å². The van der Waals surface area contributed by atoms with Gasteiger partial charge in [-0.25, -0.2) is 0 Å². The maximum absolute atomic E-state index is 14.0. The number of rotatable bonds is 2. The predicted molar refractivity (Wildman–Crippen MR) is 104 cm³/mol. The van der Waals surface area contributed by atoms with Crippen LogP contribution in [-0.4, -0.2) is 29.4 Å². The minimum atomic E-state index is -1.31. The molecule has 2 aromatic carbocycles. The van der Waals surface area contributed by atoms with E-state index in [-0.39, 0.29) is 11.7 Å². The number of hydrogen-bond acceptors (Lipinski definition) is 4. The van der Waals surface area contributed by atoms with Crippen LogP contribution in [-0.2, 0) is 16.0 Å². The second-order valence-corrected chi connectivity index (χ2v) is 8.13. The Morgan fingerprint density at radius 2 is 1.71 bits per heavy atom. The quantitative estimate of drug-likeness (QED) is 0.816. The molecular formula is C23H23NO4. The summed E-state index contributed by atoms with van der Waals surface area (Å²) in [6, 6.07) is 14.8. The van der Waals surface area contributed by atoms with Crippen molar-refractivity contribution in [3.8, 4) is 5.75 Å². The van der Waals surface area contributed by atoms with Crippen LogP contribution < -0.4 is 9.64 Å². The largest absolute Gasteiger partial charge is 0.495 e. The fourth-order valence-electron chi connectivity index (χ4n) is 5.58. The van der Waals surface area contributed by atoms with E-state index >= 15 is 0 Å². The van der Waals surface area contributed by atoms with Crippen molar-refractivity contribution in [1.29, 1.82) is 0 Å². The number of carbonyl (C=O) groups excluding carboxylic acids is 2. The Hall–Kier alpha value is -2.66. The zero-order chi connectivity index (χ0) is 19.5. The van der Waals surface area contributed by atoms with Crippen LogP contribution >= 0.6 is 0 Å². The number of ether oxygens (including phenoxy) is 1. The highest BCUT2D eigenvalue weighted by atomic mass is 16.5. The van der Waals surface area contributed by atoms with Crippen molar-refractivity contribution in [3.63, 3.8) is 0 Å². The van der Waals surface area contributed by atoms with Gasteiger partial charge in [0.25, 0.3) is 0 Å². The van der Waals surface area contributed by atoms with Crippen molar-refractivity contribution in [2.45, 2.75) is 43.7 Å². The van der Waals surface area contributed by atoms with Crippen LogP contribution in [0.5, 0.6) is 5.75 Å². The molecule has 5 rings (SSSR count). The molecule has 2 spiro atoms. The van der Waals surface area contributed by atoms with Gasteiger partial charge in [0.05, 0.1) is 12.8 Å². The van der Waals surface area contributed by atoms with Gasteiger partial charge >= 0.3 is 0 Å². The molecule has 1 saturated carbocycles. The highest BCUT2D eigenvalue weighted by Gasteiger charge is 2.71. The summed E-state index contributed by atoms with van der Waals surface area (Å²) in [6.45, 7) is 0. The Bertz CT molecular complexity index is 978. The molecular weight excluding hydrogens is 354 g/mol. The van der Waals surface area contributed by atoms with Crippen LogP contribution in [0.15, 0.2) is 48.5 Å². The normalized spacial score (nSPS) is 27.8. The zero-order valence-electron chi connectivity index (χ0n) is 15.9. The van der Waals surface area contributed by atoms with Crippen LogP contribution in [0.1, 0.15) is 42.9 Å². The molecule has 2 aliphatic carbocycles. The molecule has 2 atom stereocenters. The molecule has 28 heavy (non-hydrogen) atoms. The summed E-state index contributed by atoms with van der Waals surface area (Å²) in [7, 11) is 1.55. The highest BCUT2D eigenvalue weighted by molar-refractivity contribution is 6.26. The third-order valence-electron chi connectivity index (χ3n) is 6.88. The summed E-state index contributed by atoms with van der Waals surface area (Å²) in [6.07, 6.45) is 2.11. The molecule has 5 nitrogen and oxygen atoms in total. The number of aliphatic hydroxyl groups is 1. The van der Waals surface area contributed by atoms with Crippen LogP contribution in [0.3, 0.4) is 0 Å². The minimum absolute atomic E-state index is 0.128. The lowest BCUT2D eigenvalue weighted by molar-refractivity contribution is -0.137. The molecule has 1 heterocycles. The van der Waals surface area contributed by atoms with Crippen molar-refractivity contribution in [2.75, 3.05) is 12.0 Å². The topological polar surface area (TPSA) is 66.8 Å². The summed E-state index contributed by atoms with van der Waals surface area (Å²) in [5.41, 5.74) is -0.118. The van der Waals surface area contributed by atoms with E-state index in [1.165, 1.54) is 0 Å². The van der Waals surface area contributed by atoms with E-state index in [9.17, 15) is 14.7 Å². The smallest absolute Gasteiger partial charge is 0.241 e. The van der Waals surface area contributed by atoms with Gasteiger partial charge in [0.1, 0.15) is 22.8 Å². The molecule has 1 saturated heterocycles. The van der Waals surface area contributed by atoms with Gasteiger partial charge in [-0.15, -0.1) is 0 Å². The number of amides is 1. The number of aliphatic hydroxyl groups excluding tert-OH is 1. The summed E-state index contributed by atoms with van der Waals surface area (Å²) in [4.78, 5) is 29.3. The number of Topliss-reactive ketones (excluding diaryl/α,β-unsaturated/α-hetero) is 1. The van der Waals surface area contributed by atoms with Crippen molar-refractivity contribution in [1.82, 2.24) is 0 Å². The highest BCUT2D eigenvalue weighted by Crippen LogP contribution is 2.59. The first-order valence-corrected chi connectivity index (χ1v) is 9.85. The number of fused-ring (bicyclic) bond motifs is 1. The molecule has 0 unspecified atom stereocenters. The Kier molecular flexibility index (Phi) is 3.68. The minimum Gasteiger partial charge on any atom is -0.495 e. The standard InChI is InChI=1S/C23H23NO4/c1-28-18-11-5-4-10-17(18)24-21(27)22(12-6-7-13-22)20(26)23(24)14-15-8-2-3-9-16(15)19(23)25/h2-5,8-11,19,25H,6-7,12-14H2,1H3/t19-,23+/m0/s1. The number of methoxy groups -OCH3 is 1. The molecule has 3 aliphatic rings. The summed E-state index contributed by atoms with van der Waals surface area (Å²) >= 11 is 0. The van der Waals surface area contributed by atoms with E-state index < -0.39 is 17.1 Å². The van der Waals surface area contributed by atoms with E-state index in [0.717, 1.165) is 24.0 Å². The molecule has 2 fully saturated rings. The average molecular weight is 377 g/mol. The first-order valence-electron chi connectivity index (χ1n) is 9.85. The molecule has 2 aromatic rings. The molecule has 1 amide bonds. The SMILES string of the molecule is COc1ccccc1N1C(=O)C2(CCCC2)C(=O)[C@]12Cc1ccccc1[C@@H]2O. The second kappa shape index (κ2) is 5.92. The lowest BCUT2D eigenvalue weighted by atomic mass is 9.75. The fourth-order valence-corrected chi connectivity index (χ4v) is 5.58. The second-order valence-electron chi connectivity index (χ2n) is 8.13. The number of hydrogen-bond donors (Lipinski definition) is 1. The summed E-state index contributed by atoms with van der Waals surface area (Å²) in [5.74, 6) is 0.213. The Labute approximate surface area is 163 Å². The molecule has 1 aliphatic heterocycles. The molecule has 0 aromatic heterocycles. The maximum atomic E-state index is 14.0. The number of benzene rings is 2. The third kappa shape index (κ3) is 1.95.